The Labute approximate surface area is 119 Å². The van der Waals surface area contributed by atoms with Crippen LogP contribution in [0.5, 0.6) is 5.75 Å². The van der Waals surface area contributed by atoms with E-state index in [1.165, 1.54) is 51.4 Å². The van der Waals surface area contributed by atoms with Gasteiger partial charge in [0.05, 0.1) is 0 Å². The summed E-state index contributed by atoms with van der Waals surface area (Å²) < 4.78 is 0. The quantitative estimate of drug-likeness (QED) is 0.535. The Morgan fingerprint density at radius 3 is 2.37 bits per heavy atom. The minimum absolute atomic E-state index is 0.455. The molecule has 0 aliphatic heterocycles. The number of benzene rings is 1. The molecule has 0 aromatic heterocycles. The summed E-state index contributed by atoms with van der Waals surface area (Å²) in [6, 6.07) is 7.71. The molecule has 0 amide bonds. The summed E-state index contributed by atoms with van der Waals surface area (Å²) in [5, 5.41) is 9.69. The molecule has 19 heavy (non-hydrogen) atoms. The Hall–Kier alpha value is -0.980. The summed E-state index contributed by atoms with van der Waals surface area (Å²) in [6.45, 7) is 4.60. The van der Waals surface area contributed by atoms with Crippen LogP contribution >= 0.6 is 0 Å². The van der Waals surface area contributed by atoms with E-state index >= 15 is 0 Å². The first-order valence-electron chi connectivity index (χ1n) is 8.04. The van der Waals surface area contributed by atoms with Crippen LogP contribution in [0.3, 0.4) is 0 Å². The fourth-order valence-corrected chi connectivity index (χ4v) is 2.69. The Kier molecular flexibility index (Phi) is 8.36. The number of phenolic OH excluding ortho intramolecular Hbond substituents is 1. The second-order valence-corrected chi connectivity index (χ2v) is 5.64. The van der Waals surface area contributed by atoms with E-state index in [0.29, 0.717) is 5.75 Å². The van der Waals surface area contributed by atoms with Gasteiger partial charge in [0.15, 0.2) is 0 Å². The predicted octanol–water partition coefficient (Wildman–Crippen LogP) is 5.71. The molecule has 0 aliphatic carbocycles. The van der Waals surface area contributed by atoms with Gasteiger partial charge in [-0.1, -0.05) is 77.0 Å². The Balaban J connectivity index is 2.12. The van der Waals surface area contributed by atoms with E-state index in [0.717, 1.165) is 17.9 Å². The summed E-state index contributed by atoms with van der Waals surface area (Å²) in [4.78, 5) is 0. The molecule has 0 bridgehead atoms. The van der Waals surface area contributed by atoms with Gasteiger partial charge in [-0.05, 0) is 30.4 Å². The normalized spacial score (nSPS) is 12.5. The summed E-state index contributed by atoms with van der Waals surface area (Å²) in [6.07, 6.45) is 11.7. The van der Waals surface area contributed by atoms with Crippen LogP contribution < -0.4 is 0 Å². The van der Waals surface area contributed by atoms with Crippen LogP contribution in [0.1, 0.15) is 70.8 Å². The number of aromatic hydroxyl groups is 1. The van der Waals surface area contributed by atoms with Gasteiger partial charge in [-0.2, -0.15) is 0 Å². The molecule has 0 heterocycles. The minimum Gasteiger partial charge on any atom is -0.508 e. The minimum atomic E-state index is 0.455. The molecule has 1 rings (SSSR count). The number of unbranched alkanes of at least 4 members (excludes halogenated alkanes) is 3. The second-order valence-electron chi connectivity index (χ2n) is 5.64. The van der Waals surface area contributed by atoms with Crippen molar-refractivity contribution in [2.75, 3.05) is 0 Å². The monoisotopic (exact) mass is 262 g/mol. The first-order chi connectivity index (χ1) is 9.27. The first kappa shape index (κ1) is 16.1. The molecule has 0 aliphatic rings. The molecule has 0 spiro atoms. The standard InChI is InChI=1S/C18H30O/c1-3-5-11-16(4-2)12-7-6-8-13-17-14-9-10-15-18(17)19/h9-10,14-16,19H,3-8,11-13H2,1-2H3. The third-order valence-electron chi connectivity index (χ3n) is 4.09. The largest absolute Gasteiger partial charge is 0.508 e. The van der Waals surface area contributed by atoms with Crippen molar-refractivity contribution in [3.8, 4) is 5.75 Å². The van der Waals surface area contributed by atoms with Crippen molar-refractivity contribution in [2.24, 2.45) is 5.92 Å². The van der Waals surface area contributed by atoms with Crippen LogP contribution in [0.15, 0.2) is 24.3 Å². The highest BCUT2D eigenvalue weighted by Crippen LogP contribution is 2.22. The van der Waals surface area contributed by atoms with E-state index in [4.69, 9.17) is 0 Å². The molecule has 1 unspecified atom stereocenters. The van der Waals surface area contributed by atoms with Crippen LogP contribution in [0.4, 0.5) is 0 Å². The number of hydrogen-bond donors (Lipinski definition) is 1. The molecule has 1 atom stereocenters. The van der Waals surface area contributed by atoms with E-state index in [1.54, 1.807) is 6.07 Å². The average molecular weight is 262 g/mol. The third-order valence-corrected chi connectivity index (χ3v) is 4.09. The van der Waals surface area contributed by atoms with Crippen molar-refractivity contribution < 1.29 is 5.11 Å². The van der Waals surface area contributed by atoms with Gasteiger partial charge in [0.2, 0.25) is 0 Å². The molecule has 1 nitrogen and oxygen atoms in total. The van der Waals surface area contributed by atoms with Gasteiger partial charge in [0.25, 0.3) is 0 Å². The predicted molar refractivity (Wildman–Crippen MR) is 83.6 cm³/mol. The van der Waals surface area contributed by atoms with E-state index in [1.807, 2.05) is 18.2 Å². The van der Waals surface area contributed by atoms with Gasteiger partial charge < -0.3 is 5.11 Å². The van der Waals surface area contributed by atoms with E-state index in [-0.39, 0.29) is 0 Å². The molecule has 0 radical (unpaired) electrons. The lowest BCUT2D eigenvalue weighted by atomic mass is 9.93. The number of phenols is 1. The van der Waals surface area contributed by atoms with Gasteiger partial charge in [-0.15, -0.1) is 0 Å². The highest BCUT2D eigenvalue weighted by molar-refractivity contribution is 5.31. The van der Waals surface area contributed by atoms with Crippen LogP contribution in [0, 0.1) is 5.92 Å². The molecular formula is C18H30O. The first-order valence-corrected chi connectivity index (χ1v) is 8.04. The van der Waals surface area contributed by atoms with Crippen LogP contribution in [0.25, 0.3) is 0 Å². The molecule has 0 saturated carbocycles. The molecule has 1 heteroatoms. The topological polar surface area (TPSA) is 20.2 Å². The Bertz CT molecular complexity index is 332. The lowest BCUT2D eigenvalue weighted by molar-refractivity contribution is 0.401. The van der Waals surface area contributed by atoms with Gasteiger partial charge >= 0.3 is 0 Å². The summed E-state index contributed by atoms with van der Waals surface area (Å²) in [5.41, 5.74) is 1.10. The van der Waals surface area contributed by atoms with Gasteiger partial charge in [0, 0.05) is 0 Å². The summed E-state index contributed by atoms with van der Waals surface area (Å²) in [5.74, 6) is 1.39. The van der Waals surface area contributed by atoms with Crippen molar-refractivity contribution >= 4 is 0 Å². The molecule has 0 fully saturated rings. The smallest absolute Gasteiger partial charge is 0.118 e. The maximum atomic E-state index is 9.69. The number of hydrogen-bond acceptors (Lipinski definition) is 1. The fraction of sp³-hybridized carbons (Fsp3) is 0.667. The zero-order valence-corrected chi connectivity index (χ0v) is 12.7. The van der Waals surface area contributed by atoms with Gasteiger partial charge in [0.1, 0.15) is 5.75 Å². The second kappa shape index (κ2) is 9.89. The van der Waals surface area contributed by atoms with Crippen molar-refractivity contribution in [3.05, 3.63) is 29.8 Å². The zero-order chi connectivity index (χ0) is 13.9. The molecular weight excluding hydrogens is 232 g/mol. The highest BCUT2D eigenvalue weighted by atomic mass is 16.3. The molecule has 1 N–H and O–H groups in total. The molecule has 108 valence electrons. The van der Waals surface area contributed by atoms with E-state index < -0.39 is 0 Å². The summed E-state index contributed by atoms with van der Waals surface area (Å²) >= 11 is 0. The zero-order valence-electron chi connectivity index (χ0n) is 12.7. The Morgan fingerprint density at radius 2 is 1.68 bits per heavy atom. The SMILES string of the molecule is CCCCC(CC)CCCCCc1ccccc1O. The third kappa shape index (κ3) is 6.66. The highest BCUT2D eigenvalue weighted by Gasteiger charge is 2.05. The summed E-state index contributed by atoms with van der Waals surface area (Å²) in [7, 11) is 0. The van der Waals surface area contributed by atoms with Crippen LogP contribution in [-0.2, 0) is 6.42 Å². The number of rotatable bonds is 10. The maximum Gasteiger partial charge on any atom is 0.118 e. The van der Waals surface area contributed by atoms with Crippen molar-refractivity contribution in [1.29, 1.82) is 0 Å². The van der Waals surface area contributed by atoms with Gasteiger partial charge in [-0.25, -0.2) is 0 Å². The van der Waals surface area contributed by atoms with Gasteiger partial charge in [-0.3, -0.25) is 0 Å². The Morgan fingerprint density at radius 1 is 0.947 bits per heavy atom. The maximum absolute atomic E-state index is 9.69. The fourth-order valence-electron chi connectivity index (χ4n) is 2.69. The van der Waals surface area contributed by atoms with E-state index in [2.05, 4.69) is 13.8 Å². The molecule has 0 saturated heterocycles. The van der Waals surface area contributed by atoms with Crippen LogP contribution in [-0.4, -0.2) is 5.11 Å². The number of para-hydroxylation sites is 1. The molecule has 1 aromatic rings. The number of aryl methyl sites for hydroxylation is 1. The van der Waals surface area contributed by atoms with E-state index in [9.17, 15) is 5.11 Å². The molecule has 1 aromatic carbocycles. The lowest BCUT2D eigenvalue weighted by Crippen LogP contribution is -1.99. The van der Waals surface area contributed by atoms with Crippen molar-refractivity contribution in [1.82, 2.24) is 0 Å². The van der Waals surface area contributed by atoms with Crippen LogP contribution in [0.2, 0.25) is 0 Å². The lowest BCUT2D eigenvalue weighted by Gasteiger charge is -2.13. The van der Waals surface area contributed by atoms with Crippen molar-refractivity contribution in [3.63, 3.8) is 0 Å². The average Bonchev–Trinajstić information content (AvgIpc) is 2.43. The van der Waals surface area contributed by atoms with Crippen molar-refractivity contribution in [2.45, 2.75) is 71.6 Å².